The van der Waals surface area contributed by atoms with Gasteiger partial charge in [-0.25, -0.2) is 4.39 Å². The van der Waals surface area contributed by atoms with Gasteiger partial charge in [-0.1, -0.05) is 6.07 Å². The number of likely N-dealkylation sites (tertiary alicyclic amines) is 1. The molecule has 5 nitrogen and oxygen atoms in total. The third-order valence-corrected chi connectivity index (χ3v) is 4.56. The Morgan fingerprint density at radius 2 is 2.36 bits per heavy atom. The molecule has 1 atom stereocenters. The highest BCUT2D eigenvalue weighted by Gasteiger charge is 2.23. The van der Waals surface area contributed by atoms with Crippen molar-refractivity contribution in [1.82, 2.24) is 15.1 Å². The van der Waals surface area contributed by atoms with Crippen LogP contribution in [0.5, 0.6) is 5.75 Å². The number of carbonyl (C=O) groups is 1. The number of ether oxygens (including phenoxy) is 1. The maximum Gasteiger partial charge on any atom is 0.222 e. The van der Waals surface area contributed by atoms with Crippen molar-refractivity contribution in [2.45, 2.75) is 32.1 Å². The van der Waals surface area contributed by atoms with E-state index in [1.54, 1.807) is 18.3 Å². The summed E-state index contributed by atoms with van der Waals surface area (Å²) in [7, 11) is 0. The molecule has 2 heterocycles. The topological polar surface area (TPSA) is 58.2 Å². The van der Waals surface area contributed by atoms with Crippen molar-refractivity contribution in [2.24, 2.45) is 5.92 Å². The molecule has 1 aromatic carbocycles. The summed E-state index contributed by atoms with van der Waals surface area (Å²) in [4.78, 5) is 14.3. The molecular weight excluding hydrogens is 321 g/mol. The van der Waals surface area contributed by atoms with Gasteiger partial charge in [0.1, 0.15) is 11.6 Å². The van der Waals surface area contributed by atoms with Gasteiger partial charge in [-0.05, 0) is 43.4 Å². The summed E-state index contributed by atoms with van der Waals surface area (Å²) in [6.07, 6.45) is 7.94. The lowest BCUT2D eigenvalue weighted by atomic mass is 9.98. The number of amides is 1. The van der Waals surface area contributed by atoms with Gasteiger partial charge in [-0.15, -0.1) is 0 Å². The minimum absolute atomic E-state index is 0.207. The van der Waals surface area contributed by atoms with E-state index >= 15 is 0 Å². The lowest BCUT2D eigenvalue weighted by Crippen LogP contribution is -2.41. The lowest BCUT2D eigenvalue weighted by molar-refractivity contribution is -0.133. The lowest BCUT2D eigenvalue weighted by Gasteiger charge is -2.32. The maximum absolute atomic E-state index is 13.2. The molecular formula is C19H24FN3O2. The molecule has 1 N–H and O–H groups in total. The van der Waals surface area contributed by atoms with Crippen LogP contribution >= 0.6 is 0 Å². The number of aromatic amines is 1. The van der Waals surface area contributed by atoms with Gasteiger partial charge >= 0.3 is 0 Å². The normalized spacial score (nSPS) is 17.5. The Bertz CT molecular complexity index is 675. The second kappa shape index (κ2) is 8.65. The van der Waals surface area contributed by atoms with E-state index in [0.717, 1.165) is 44.3 Å². The number of H-pyrrole nitrogens is 1. The van der Waals surface area contributed by atoms with E-state index in [-0.39, 0.29) is 11.7 Å². The smallest absolute Gasteiger partial charge is 0.222 e. The van der Waals surface area contributed by atoms with Crippen molar-refractivity contribution in [3.8, 4) is 5.75 Å². The van der Waals surface area contributed by atoms with Crippen LogP contribution < -0.4 is 4.74 Å². The number of nitrogens with one attached hydrogen (secondary N) is 1. The minimum Gasteiger partial charge on any atom is -0.493 e. The highest BCUT2D eigenvalue weighted by Crippen LogP contribution is 2.20. The number of halogens is 1. The number of aryl methyl sites for hydroxylation is 1. The summed E-state index contributed by atoms with van der Waals surface area (Å²) < 4.78 is 18.9. The van der Waals surface area contributed by atoms with Gasteiger partial charge in [0, 0.05) is 37.7 Å². The first-order chi connectivity index (χ1) is 12.2. The van der Waals surface area contributed by atoms with E-state index in [0.29, 0.717) is 24.7 Å². The van der Waals surface area contributed by atoms with Crippen LogP contribution in [0.3, 0.4) is 0 Å². The van der Waals surface area contributed by atoms with Gasteiger partial charge in [-0.2, -0.15) is 5.10 Å². The average molecular weight is 345 g/mol. The van der Waals surface area contributed by atoms with Gasteiger partial charge in [-0.3, -0.25) is 9.89 Å². The Labute approximate surface area is 147 Å². The fourth-order valence-electron chi connectivity index (χ4n) is 3.21. The summed E-state index contributed by atoms with van der Waals surface area (Å²) in [6.45, 7) is 2.06. The quantitative estimate of drug-likeness (QED) is 0.838. The molecule has 0 spiro atoms. The first-order valence-electron chi connectivity index (χ1n) is 8.84. The van der Waals surface area contributed by atoms with Crippen LogP contribution in [-0.4, -0.2) is 40.7 Å². The zero-order valence-corrected chi connectivity index (χ0v) is 14.3. The number of rotatable bonds is 7. The monoisotopic (exact) mass is 345 g/mol. The molecule has 6 heteroatoms. The van der Waals surface area contributed by atoms with E-state index in [1.165, 1.54) is 12.1 Å². The predicted octanol–water partition coefficient (Wildman–Crippen LogP) is 3.19. The van der Waals surface area contributed by atoms with Crippen molar-refractivity contribution >= 4 is 5.91 Å². The van der Waals surface area contributed by atoms with E-state index in [2.05, 4.69) is 10.2 Å². The molecule has 0 radical (unpaired) electrons. The molecule has 1 amide bonds. The maximum atomic E-state index is 13.2. The molecule has 2 aromatic rings. The summed E-state index contributed by atoms with van der Waals surface area (Å²) in [5.74, 6) is 0.757. The molecule has 1 fully saturated rings. The van der Waals surface area contributed by atoms with Crippen LogP contribution in [0.4, 0.5) is 4.39 Å². The van der Waals surface area contributed by atoms with Gasteiger partial charge in [0.25, 0.3) is 0 Å². The van der Waals surface area contributed by atoms with Crippen molar-refractivity contribution in [3.63, 3.8) is 0 Å². The Kier molecular flexibility index (Phi) is 6.04. The zero-order chi connectivity index (χ0) is 17.5. The average Bonchev–Trinajstić information content (AvgIpc) is 3.14. The Morgan fingerprint density at radius 1 is 1.44 bits per heavy atom. The van der Waals surface area contributed by atoms with Crippen molar-refractivity contribution in [2.75, 3.05) is 19.7 Å². The molecule has 1 aromatic heterocycles. The minimum atomic E-state index is -0.296. The molecule has 0 saturated carbocycles. The molecule has 1 aliphatic rings. The van der Waals surface area contributed by atoms with E-state index in [9.17, 15) is 9.18 Å². The Balaban J connectivity index is 1.41. The second-order valence-electron chi connectivity index (χ2n) is 6.58. The molecule has 1 saturated heterocycles. The summed E-state index contributed by atoms with van der Waals surface area (Å²) in [6, 6.07) is 6.19. The highest BCUT2D eigenvalue weighted by molar-refractivity contribution is 5.76. The standard InChI is InChI=1S/C19H24FN3O2/c20-17-6-2-7-18(10-17)25-14-16-5-3-9-23(13-16)19(24)8-1-4-15-11-21-22-12-15/h2,6-7,10-12,16H,1,3-5,8-9,13-14H2,(H,21,22)/t16-/m1/s1. The van der Waals surface area contributed by atoms with E-state index < -0.39 is 0 Å². The van der Waals surface area contributed by atoms with Crippen LogP contribution in [0.1, 0.15) is 31.2 Å². The third-order valence-electron chi connectivity index (χ3n) is 4.56. The van der Waals surface area contributed by atoms with Crippen LogP contribution in [0, 0.1) is 11.7 Å². The number of hydrogen-bond donors (Lipinski definition) is 1. The molecule has 25 heavy (non-hydrogen) atoms. The molecule has 134 valence electrons. The van der Waals surface area contributed by atoms with Gasteiger partial charge in [0.05, 0.1) is 12.8 Å². The van der Waals surface area contributed by atoms with Crippen molar-refractivity contribution < 1.29 is 13.9 Å². The van der Waals surface area contributed by atoms with Crippen molar-refractivity contribution in [3.05, 3.63) is 48.0 Å². The first-order valence-corrected chi connectivity index (χ1v) is 8.84. The number of aromatic nitrogens is 2. The summed E-state index contributed by atoms with van der Waals surface area (Å²) in [5.41, 5.74) is 1.13. The van der Waals surface area contributed by atoms with Crippen LogP contribution in [0.25, 0.3) is 0 Å². The molecule has 0 bridgehead atoms. The fourth-order valence-corrected chi connectivity index (χ4v) is 3.21. The van der Waals surface area contributed by atoms with Crippen LogP contribution in [0.15, 0.2) is 36.7 Å². The SMILES string of the molecule is O=C(CCCc1cn[nH]c1)N1CCC[C@@H](COc2cccc(F)c2)C1. The number of benzene rings is 1. The van der Waals surface area contributed by atoms with E-state index in [1.807, 2.05) is 11.1 Å². The Hall–Kier alpha value is -2.37. The number of hydrogen-bond acceptors (Lipinski definition) is 3. The summed E-state index contributed by atoms with van der Waals surface area (Å²) >= 11 is 0. The summed E-state index contributed by atoms with van der Waals surface area (Å²) in [5, 5.41) is 6.70. The second-order valence-corrected chi connectivity index (χ2v) is 6.58. The number of piperidine rings is 1. The predicted molar refractivity (Wildman–Crippen MR) is 92.7 cm³/mol. The molecule has 0 unspecified atom stereocenters. The molecule has 3 rings (SSSR count). The largest absolute Gasteiger partial charge is 0.493 e. The van der Waals surface area contributed by atoms with Gasteiger partial charge in [0.2, 0.25) is 5.91 Å². The first kappa shape index (κ1) is 17.5. The number of nitrogens with zero attached hydrogens (tertiary/aromatic N) is 2. The molecule has 1 aliphatic heterocycles. The van der Waals surface area contributed by atoms with Crippen LogP contribution in [0.2, 0.25) is 0 Å². The van der Waals surface area contributed by atoms with E-state index in [4.69, 9.17) is 4.74 Å². The zero-order valence-electron chi connectivity index (χ0n) is 14.3. The fraction of sp³-hybridized carbons (Fsp3) is 0.474. The van der Waals surface area contributed by atoms with Crippen molar-refractivity contribution in [1.29, 1.82) is 0 Å². The van der Waals surface area contributed by atoms with Crippen LogP contribution in [-0.2, 0) is 11.2 Å². The third kappa shape index (κ3) is 5.31. The van der Waals surface area contributed by atoms with Gasteiger partial charge < -0.3 is 9.64 Å². The highest BCUT2D eigenvalue weighted by atomic mass is 19.1. The molecule has 0 aliphatic carbocycles. The number of carbonyl (C=O) groups excluding carboxylic acids is 1. The Morgan fingerprint density at radius 3 is 3.16 bits per heavy atom. The van der Waals surface area contributed by atoms with Gasteiger partial charge in [0.15, 0.2) is 0 Å².